The number of aliphatic hydroxyl groups is 2. The average Bonchev–Trinajstić information content (AvgIpc) is 2.49. The van der Waals surface area contributed by atoms with Crippen molar-refractivity contribution in [1.82, 2.24) is 0 Å². The van der Waals surface area contributed by atoms with E-state index in [4.69, 9.17) is 0 Å². The quantitative estimate of drug-likeness (QED) is 0.855. The maximum absolute atomic E-state index is 10.8. The zero-order valence-electron chi connectivity index (χ0n) is 14.4. The molecule has 0 aromatic heterocycles. The minimum absolute atomic E-state index is 0.0671. The van der Waals surface area contributed by atoms with Crippen molar-refractivity contribution in [3.05, 3.63) is 34.9 Å². The van der Waals surface area contributed by atoms with Crippen molar-refractivity contribution in [3.8, 4) is 0 Å². The highest BCUT2D eigenvalue weighted by Crippen LogP contribution is 2.59. The van der Waals surface area contributed by atoms with Gasteiger partial charge in [-0.15, -0.1) is 0 Å². The Morgan fingerprint density at radius 1 is 1.23 bits per heavy atom. The minimum Gasteiger partial charge on any atom is -0.396 e. The lowest BCUT2D eigenvalue weighted by Gasteiger charge is -2.56. The molecule has 2 aliphatic rings. The van der Waals surface area contributed by atoms with E-state index in [-0.39, 0.29) is 17.4 Å². The van der Waals surface area contributed by atoms with Gasteiger partial charge in [-0.25, -0.2) is 0 Å². The van der Waals surface area contributed by atoms with Crippen LogP contribution in [0, 0.1) is 11.3 Å². The molecule has 0 radical (unpaired) electrons. The predicted molar refractivity (Wildman–Crippen MR) is 90.0 cm³/mol. The van der Waals surface area contributed by atoms with E-state index in [0.717, 1.165) is 31.2 Å². The van der Waals surface area contributed by atoms with Crippen LogP contribution in [0.5, 0.6) is 0 Å². The second-order valence-corrected chi connectivity index (χ2v) is 8.39. The van der Waals surface area contributed by atoms with Gasteiger partial charge in [-0.1, -0.05) is 52.3 Å². The molecule has 3 rings (SSSR count). The Morgan fingerprint density at radius 2 is 1.95 bits per heavy atom. The lowest BCUT2D eigenvalue weighted by atomic mass is 9.49. The molecule has 0 unspecified atom stereocenters. The number of benzene rings is 1. The highest BCUT2D eigenvalue weighted by Gasteiger charge is 2.53. The smallest absolute Gasteiger partial charge is 0.0796 e. The molecule has 0 spiro atoms. The van der Waals surface area contributed by atoms with E-state index in [2.05, 4.69) is 45.9 Å². The van der Waals surface area contributed by atoms with E-state index < -0.39 is 6.10 Å². The molecule has 1 aromatic carbocycles. The first kappa shape index (κ1) is 16.0. The van der Waals surface area contributed by atoms with Crippen LogP contribution in [0.25, 0.3) is 0 Å². The molecule has 122 valence electrons. The number of hydrogen-bond acceptors (Lipinski definition) is 2. The molecule has 0 bridgehead atoms. The summed E-state index contributed by atoms with van der Waals surface area (Å²) in [5.41, 5.74) is 3.77. The molecular formula is C20H30O2. The van der Waals surface area contributed by atoms with Gasteiger partial charge in [-0.2, -0.15) is 0 Å². The summed E-state index contributed by atoms with van der Waals surface area (Å²) < 4.78 is 0. The second kappa shape index (κ2) is 5.35. The Kier molecular flexibility index (Phi) is 3.89. The molecule has 0 saturated heterocycles. The first-order chi connectivity index (χ1) is 10.3. The fourth-order valence-electron chi connectivity index (χ4n) is 5.12. The maximum Gasteiger partial charge on any atom is 0.0796 e. The molecule has 0 heterocycles. The van der Waals surface area contributed by atoms with Crippen molar-refractivity contribution in [3.63, 3.8) is 0 Å². The van der Waals surface area contributed by atoms with Gasteiger partial charge < -0.3 is 10.2 Å². The van der Waals surface area contributed by atoms with Crippen LogP contribution in [0.1, 0.15) is 82.1 Å². The van der Waals surface area contributed by atoms with Crippen molar-refractivity contribution in [2.45, 2.75) is 70.8 Å². The maximum atomic E-state index is 10.8. The van der Waals surface area contributed by atoms with Gasteiger partial charge in [0.05, 0.1) is 6.10 Å². The Bertz CT molecular complexity index is 565. The minimum atomic E-state index is -0.393. The number of aliphatic hydroxyl groups excluding tert-OH is 2. The molecule has 22 heavy (non-hydrogen) atoms. The summed E-state index contributed by atoms with van der Waals surface area (Å²) in [7, 11) is 0. The fraction of sp³-hybridized carbons (Fsp3) is 0.700. The first-order valence-electron chi connectivity index (χ1n) is 8.75. The molecular weight excluding hydrogens is 272 g/mol. The van der Waals surface area contributed by atoms with E-state index in [0.29, 0.717) is 11.8 Å². The zero-order chi connectivity index (χ0) is 16.1. The van der Waals surface area contributed by atoms with Gasteiger partial charge in [-0.05, 0) is 58.6 Å². The Hall–Kier alpha value is -0.860. The monoisotopic (exact) mass is 302 g/mol. The summed E-state index contributed by atoms with van der Waals surface area (Å²) in [6.45, 7) is 9.18. The largest absolute Gasteiger partial charge is 0.396 e. The lowest BCUT2D eigenvalue weighted by Crippen LogP contribution is -2.51. The van der Waals surface area contributed by atoms with E-state index in [9.17, 15) is 10.2 Å². The third kappa shape index (κ3) is 2.23. The standard InChI is InChI=1S/C20H30O2/c1-13(2)14-6-7-16-15(10-14)17(22)11-18-19(3,12-21)8-5-9-20(16,18)4/h6-7,10,13,17-18,21-22H,5,8-9,11-12H2,1-4H3/t17-,18-,19+,20-/m1/s1. The van der Waals surface area contributed by atoms with Gasteiger partial charge in [0.2, 0.25) is 0 Å². The highest BCUT2D eigenvalue weighted by atomic mass is 16.3. The van der Waals surface area contributed by atoms with Gasteiger partial charge in [0, 0.05) is 6.61 Å². The fourth-order valence-corrected chi connectivity index (χ4v) is 5.12. The lowest BCUT2D eigenvalue weighted by molar-refractivity contribution is -0.0462. The SMILES string of the molecule is CC(C)c1ccc2c(c1)[C@H](O)C[C@@H]1[C@](C)(CO)CCC[C@]21C. The van der Waals surface area contributed by atoms with Gasteiger partial charge >= 0.3 is 0 Å². The summed E-state index contributed by atoms with van der Waals surface area (Å²) in [6.07, 6.45) is 3.77. The molecule has 4 atom stereocenters. The predicted octanol–water partition coefficient (Wildman–Crippen LogP) is 4.30. The van der Waals surface area contributed by atoms with Crippen LogP contribution >= 0.6 is 0 Å². The Balaban J connectivity index is 2.11. The molecule has 0 aliphatic heterocycles. The molecule has 0 amide bonds. The van der Waals surface area contributed by atoms with Crippen LogP contribution in [0.15, 0.2) is 18.2 Å². The van der Waals surface area contributed by atoms with E-state index >= 15 is 0 Å². The van der Waals surface area contributed by atoms with Gasteiger partial charge in [0.15, 0.2) is 0 Å². The zero-order valence-corrected chi connectivity index (χ0v) is 14.4. The normalized spacial score (nSPS) is 37.8. The molecule has 2 N–H and O–H groups in total. The number of hydrogen-bond donors (Lipinski definition) is 2. The third-order valence-corrected chi connectivity index (χ3v) is 6.59. The summed E-state index contributed by atoms with van der Waals surface area (Å²) in [5, 5.41) is 20.7. The highest BCUT2D eigenvalue weighted by molar-refractivity contribution is 5.43. The van der Waals surface area contributed by atoms with E-state index in [1.54, 1.807) is 0 Å². The van der Waals surface area contributed by atoms with Gasteiger partial charge in [-0.3, -0.25) is 0 Å². The van der Waals surface area contributed by atoms with Crippen LogP contribution in [0.3, 0.4) is 0 Å². The van der Waals surface area contributed by atoms with Crippen molar-refractivity contribution >= 4 is 0 Å². The summed E-state index contributed by atoms with van der Waals surface area (Å²) in [6, 6.07) is 6.70. The Morgan fingerprint density at radius 3 is 2.59 bits per heavy atom. The summed E-state index contributed by atoms with van der Waals surface area (Å²) in [5.74, 6) is 0.836. The third-order valence-electron chi connectivity index (χ3n) is 6.59. The average molecular weight is 302 g/mol. The first-order valence-corrected chi connectivity index (χ1v) is 8.75. The van der Waals surface area contributed by atoms with Crippen LogP contribution in [-0.2, 0) is 5.41 Å². The van der Waals surface area contributed by atoms with Gasteiger partial charge in [0.1, 0.15) is 0 Å². The molecule has 2 aliphatic carbocycles. The molecule has 2 nitrogen and oxygen atoms in total. The van der Waals surface area contributed by atoms with Crippen molar-refractivity contribution in [1.29, 1.82) is 0 Å². The Labute approximate surface area is 134 Å². The van der Waals surface area contributed by atoms with Crippen LogP contribution in [0.4, 0.5) is 0 Å². The van der Waals surface area contributed by atoms with E-state index in [1.165, 1.54) is 11.1 Å². The van der Waals surface area contributed by atoms with Crippen LogP contribution < -0.4 is 0 Å². The van der Waals surface area contributed by atoms with Crippen LogP contribution in [0.2, 0.25) is 0 Å². The number of rotatable bonds is 2. The van der Waals surface area contributed by atoms with E-state index in [1.807, 2.05) is 0 Å². The van der Waals surface area contributed by atoms with Crippen LogP contribution in [-0.4, -0.2) is 16.8 Å². The molecule has 1 fully saturated rings. The van der Waals surface area contributed by atoms with Gasteiger partial charge in [0.25, 0.3) is 0 Å². The molecule has 2 heteroatoms. The topological polar surface area (TPSA) is 40.5 Å². The second-order valence-electron chi connectivity index (χ2n) is 8.39. The summed E-state index contributed by atoms with van der Waals surface area (Å²) >= 11 is 0. The molecule has 1 saturated carbocycles. The van der Waals surface area contributed by atoms with Crippen molar-refractivity contribution < 1.29 is 10.2 Å². The van der Waals surface area contributed by atoms with Crippen molar-refractivity contribution in [2.24, 2.45) is 11.3 Å². The molecule has 1 aromatic rings. The summed E-state index contributed by atoms with van der Waals surface area (Å²) in [4.78, 5) is 0. The van der Waals surface area contributed by atoms with Crippen molar-refractivity contribution in [2.75, 3.05) is 6.61 Å². The number of fused-ring (bicyclic) bond motifs is 3.